The molecule has 0 bridgehead atoms. The molecular weight excluding hydrogens is 316 g/mol. The molecule has 2 heterocycles. The van der Waals surface area contributed by atoms with Crippen molar-refractivity contribution in [2.24, 2.45) is 5.92 Å². The first-order chi connectivity index (χ1) is 9.43. The van der Waals surface area contributed by atoms with E-state index in [0.717, 1.165) is 24.9 Å². The van der Waals surface area contributed by atoms with Crippen molar-refractivity contribution in [2.75, 3.05) is 33.7 Å². The Morgan fingerprint density at radius 2 is 2.05 bits per heavy atom. The number of thiophene rings is 1. The van der Waals surface area contributed by atoms with Crippen LogP contribution in [-0.2, 0) is 15.9 Å². The van der Waals surface area contributed by atoms with Crippen molar-refractivity contribution in [3.05, 3.63) is 17.0 Å². The fraction of sp³-hybridized carbons (Fsp3) is 0.692. The minimum atomic E-state index is -3.32. The molecule has 0 aromatic carbocycles. The molecule has 0 saturated carbocycles. The second kappa shape index (κ2) is 6.75. The highest BCUT2D eigenvalue weighted by molar-refractivity contribution is 7.91. The molecule has 20 heavy (non-hydrogen) atoms. The summed E-state index contributed by atoms with van der Waals surface area (Å²) in [5.41, 5.74) is 0.873. The van der Waals surface area contributed by atoms with Crippen molar-refractivity contribution in [1.29, 1.82) is 0 Å². The standard InChI is InChI=1S/C13H21ClN2O2S2/c1-15(2)9-11-3-5-16(6-4-11)20(17,18)13-7-12(8-14)10-19-13/h7,10-11H,3-6,8-9H2,1-2H3. The van der Waals surface area contributed by atoms with Gasteiger partial charge in [-0.3, -0.25) is 0 Å². The molecule has 7 heteroatoms. The average Bonchev–Trinajstić information content (AvgIpc) is 2.88. The van der Waals surface area contributed by atoms with Gasteiger partial charge in [-0.2, -0.15) is 4.31 Å². The average molecular weight is 337 g/mol. The molecule has 0 aliphatic carbocycles. The highest BCUT2D eigenvalue weighted by Gasteiger charge is 2.30. The summed E-state index contributed by atoms with van der Waals surface area (Å²) < 4.78 is 27.1. The molecule has 1 aliphatic rings. The van der Waals surface area contributed by atoms with Gasteiger partial charge in [-0.05, 0) is 49.9 Å². The van der Waals surface area contributed by atoms with Crippen LogP contribution in [0.5, 0.6) is 0 Å². The zero-order valence-electron chi connectivity index (χ0n) is 11.9. The first kappa shape index (κ1) is 16.2. The Bertz CT molecular complexity index is 534. The largest absolute Gasteiger partial charge is 0.309 e. The van der Waals surface area contributed by atoms with Gasteiger partial charge >= 0.3 is 0 Å². The van der Waals surface area contributed by atoms with Crippen LogP contribution >= 0.6 is 22.9 Å². The van der Waals surface area contributed by atoms with E-state index in [4.69, 9.17) is 11.6 Å². The number of halogens is 1. The molecule has 1 aliphatic heterocycles. The third kappa shape index (κ3) is 3.74. The molecular formula is C13H21ClN2O2S2. The van der Waals surface area contributed by atoms with Gasteiger partial charge < -0.3 is 4.90 Å². The zero-order valence-corrected chi connectivity index (χ0v) is 14.3. The third-order valence-electron chi connectivity index (χ3n) is 3.58. The predicted octanol–water partition coefficient (Wildman–Crippen LogP) is 2.45. The van der Waals surface area contributed by atoms with Gasteiger partial charge in [0.25, 0.3) is 10.0 Å². The normalized spacial score (nSPS) is 18.8. The SMILES string of the molecule is CN(C)CC1CCN(S(=O)(=O)c2cc(CCl)cs2)CC1. The van der Waals surface area contributed by atoms with Crippen molar-refractivity contribution in [3.63, 3.8) is 0 Å². The molecule has 0 N–H and O–H groups in total. The zero-order chi connectivity index (χ0) is 14.8. The molecule has 1 saturated heterocycles. The number of nitrogens with zero attached hydrogens (tertiary/aromatic N) is 2. The molecule has 0 spiro atoms. The van der Waals surface area contributed by atoms with Crippen molar-refractivity contribution in [1.82, 2.24) is 9.21 Å². The maximum atomic E-state index is 12.5. The van der Waals surface area contributed by atoms with E-state index < -0.39 is 10.0 Å². The lowest BCUT2D eigenvalue weighted by Gasteiger charge is -2.32. The Hall–Kier alpha value is -0.140. The Morgan fingerprint density at radius 3 is 2.55 bits per heavy atom. The molecule has 1 aromatic heterocycles. The van der Waals surface area contributed by atoms with Crippen LogP contribution in [0.1, 0.15) is 18.4 Å². The molecule has 1 aromatic rings. The monoisotopic (exact) mass is 336 g/mol. The van der Waals surface area contributed by atoms with Crippen LogP contribution in [0.4, 0.5) is 0 Å². The Balaban J connectivity index is 2.02. The lowest BCUT2D eigenvalue weighted by Crippen LogP contribution is -2.40. The summed E-state index contributed by atoms with van der Waals surface area (Å²) in [6, 6.07) is 1.69. The summed E-state index contributed by atoms with van der Waals surface area (Å²) >= 11 is 7.00. The van der Waals surface area contributed by atoms with Crippen molar-refractivity contribution >= 4 is 33.0 Å². The highest BCUT2D eigenvalue weighted by Crippen LogP contribution is 2.28. The van der Waals surface area contributed by atoms with Crippen LogP contribution in [0.25, 0.3) is 0 Å². The van der Waals surface area contributed by atoms with Crippen LogP contribution in [-0.4, -0.2) is 51.4 Å². The van der Waals surface area contributed by atoms with Gasteiger partial charge in [-0.15, -0.1) is 22.9 Å². The lowest BCUT2D eigenvalue weighted by atomic mass is 9.98. The van der Waals surface area contributed by atoms with Crippen molar-refractivity contribution in [2.45, 2.75) is 22.9 Å². The van der Waals surface area contributed by atoms with Gasteiger partial charge in [0.1, 0.15) is 4.21 Å². The Kier molecular flexibility index (Phi) is 5.48. The molecule has 0 unspecified atom stereocenters. The minimum Gasteiger partial charge on any atom is -0.309 e. The maximum Gasteiger partial charge on any atom is 0.252 e. The topological polar surface area (TPSA) is 40.6 Å². The van der Waals surface area contributed by atoms with Gasteiger partial charge in [0.15, 0.2) is 0 Å². The molecule has 0 atom stereocenters. The van der Waals surface area contributed by atoms with Crippen LogP contribution in [0.3, 0.4) is 0 Å². The first-order valence-electron chi connectivity index (χ1n) is 6.71. The fourth-order valence-electron chi connectivity index (χ4n) is 2.53. The fourth-order valence-corrected chi connectivity index (χ4v) is 5.61. The first-order valence-corrected chi connectivity index (χ1v) is 9.57. The molecule has 0 amide bonds. The van der Waals surface area contributed by atoms with E-state index in [2.05, 4.69) is 19.0 Å². The summed E-state index contributed by atoms with van der Waals surface area (Å²) in [5.74, 6) is 0.954. The Morgan fingerprint density at radius 1 is 1.40 bits per heavy atom. The van der Waals surface area contributed by atoms with Crippen molar-refractivity contribution in [3.8, 4) is 0 Å². The Labute approximate surface area is 130 Å². The molecule has 114 valence electrons. The van der Waals surface area contributed by atoms with Crippen LogP contribution in [0, 0.1) is 5.92 Å². The number of hydrogen-bond acceptors (Lipinski definition) is 4. The number of hydrogen-bond donors (Lipinski definition) is 0. The van der Waals surface area contributed by atoms with E-state index >= 15 is 0 Å². The van der Waals surface area contributed by atoms with E-state index in [1.807, 2.05) is 5.38 Å². The van der Waals surface area contributed by atoms with Gasteiger partial charge in [0.05, 0.1) is 0 Å². The molecule has 4 nitrogen and oxygen atoms in total. The number of sulfonamides is 1. The van der Waals surface area contributed by atoms with E-state index in [9.17, 15) is 8.42 Å². The molecule has 2 rings (SSSR count). The van der Waals surface area contributed by atoms with Gasteiger partial charge in [-0.1, -0.05) is 0 Å². The minimum absolute atomic E-state index is 0.358. The summed E-state index contributed by atoms with van der Waals surface area (Å²) in [4.78, 5) is 2.17. The second-order valence-electron chi connectivity index (χ2n) is 5.52. The summed E-state index contributed by atoms with van der Waals surface area (Å²) in [6.07, 6.45) is 1.87. The second-order valence-corrected chi connectivity index (χ2v) is 8.86. The number of rotatable bonds is 5. The quantitative estimate of drug-likeness (QED) is 0.775. The van der Waals surface area contributed by atoms with Crippen LogP contribution in [0.2, 0.25) is 0 Å². The number of piperidine rings is 1. The molecule has 1 fully saturated rings. The van der Waals surface area contributed by atoms with Gasteiger partial charge in [0.2, 0.25) is 0 Å². The van der Waals surface area contributed by atoms with E-state index in [-0.39, 0.29) is 0 Å². The summed E-state index contributed by atoms with van der Waals surface area (Å²) in [6.45, 7) is 2.27. The van der Waals surface area contributed by atoms with Gasteiger partial charge in [0, 0.05) is 25.5 Å². The maximum absolute atomic E-state index is 12.5. The smallest absolute Gasteiger partial charge is 0.252 e. The van der Waals surface area contributed by atoms with Crippen molar-refractivity contribution < 1.29 is 8.42 Å². The third-order valence-corrected chi connectivity index (χ3v) is 7.25. The van der Waals surface area contributed by atoms with E-state index in [1.54, 1.807) is 10.4 Å². The summed E-state index contributed by atoms with van der Waals surface area (Å²) in [7, 11) is 0.792. The van der Waals surface area contributed by atoms with Crippen LogP contribution < -0.4 is 0 Å². The molecule has 0 radical (unpaired) electrons. The van der Waals surface area contributed by atoms with E-state index in [1.165, 1.54) is 11.3 Å². The van der Waals surface area contributed by atoms with Crippen LogP contribution in [0.15, 0.2) is 15.7 Å². The summed E-state index contributed by atoms with van der Waals surface area (Å²) in [5, 5.41) is 1.82. The predicted molar refractivity (Wildman–Crippen MR) is 83.9 cm³/mol. The number of alkyl halides is 1. The van der Waals surface area contributed by atoms with E-state index in [0.29, 0.717) is 29.1 Å². The lowest BCUT2D eigenvalue weighted by molar-refractivity contribution is 0.225. The van der Waals surface area contributed by atoms with Gasteiger partial charge in [-0.25, -0.2) is 8.42 Å². The highest BCUT2D eigenvalue weighted by atomic mass is 35.5.